The lowest BCUT2D eigenvalue weighted by Gasteiger charge is -2.23. The van der Waals surface area contributed by atoms with E-state index in [0.29, 0.717) is 0 Å². The Bertz CT molecular complexity index is 485. The van der Waals surface area contributed by atoms with Gasteiger partial charge in [0.25, 0.3) is 0 Å². The van der Waals surface area contributed by atoms with Crippen molar-refractivity contribution in [2.45, 2.75) is 13.0 Å². The third-order valence-electron chi connectivity index (χ3n) is 2.45. The first kappa shape index (κ1) is 14.1. The van der Waals surface area contributed by atoms with E-state index < -0.39 is 16.1 Å². The molecule has 0 aromatic heterocycles. The van der Waals surface area contributed by atoms with E-state index in [1.165, 1.54) is 0 Å². The van der Waals surface area contributed by atoms with Gasteiger partial charge in [-0.3, -0.25) is 0 Å². The van der Waals surface area contributed by atoms with Gasteiger partial charge in [-0.15, -0.1) is 0 Å². The second-order valence-electron chi connectivity index (χ2n) is 3.97. The highest BCUT2D eigenvalue weighted by atomic mass is 32.2. The normalized spacial score (nSPS) is 15.2. The van der Waals surface area contributed by atoms with Crippen LogP contribution in [0.3, 0.4) is 0 Å². The van der Waals surface area contributed by atoms with Crippen molar-refractivity contribution < 1.29 is 8.42 Å². The van der Waals surface area contributed by atoms with E-state index in [9.17, 15) is 8.42 Å². The van der Waals surface area contributed by atoms with Crippen LogP contribution >= 0.6 is 12.2 Å². The average Bonchev–Trinajstić information content (AvgIpc) is 2.25. The SMILES string of the molecule is CC(C(N)=S)C(NS(C)(=O)=O)c1ccccc1. The van der Waals surface area contributed by atoms with Gasteiger partial charge in [0.1, 0.15) is 0 Å². The van der Waals surface area contributed by atoms with E-state index in [2.05, 4.69) is 4.72 Å². The molecule has 94 valence electrons. The topological polar surface area (TPSA) is 72.2 Å². The molecule has 0 fully saturated rings. The number of sulfonamides is 1. The minimum Gasteiger partial charge on any atom is -0.393 e. The van der Waals surface area contributed by atoms with Crippen molar-refractivity contribution >= 4 is 27.2 Å². The first-order valence-electron chi connectivity index (χ1n) is 5.13. The molecule has 0 spiro atoms. The van der Waals surface area contributed by atoms with Gasteiger partial charge in [-0.1, -0.05) is 49.5 Å². The van der Waals surface area contributed by atoms with Crippen molar-refractivity contribution in [2.24, 2.45) is 11.7 Å². The van der Waals surface area contributed by atoms with Crippen LogP contribution < -0.4 is 10.5 Å². The highest BCUT2D eigenvalue weighted by Crippen LogP contribution is 2.22. The molecule has 4 nitrogen and oxygen atoms in total. The summed E-state index contributed by atoms with van der Waals surface area (Å²) in [6.07, 6.45) is 1.12. The maximum Gasteiger partial charge on any atom is 0.209 e. The Hall–Kier alpha value is -0.980. The Morgan fingerprint density at radius 2 is 1.88 bits per heavy atom. The van der Waals surface area contributed by atoms with Gasteiger partial charge in [-0.25, -0.2) is 13.1 Å². The second kappa shape index (κ2) is 5.57. The molecule has 2 atom stereocenters. The molecule has 0 aliphatic carbocycles. The van der Waals surface area contributed by atoms with Crippen molar-refractivity contribution in [3.8, 4) is 0 Å². The third-order valence-corrected chi connectivity index (χ3v) is 3.50. The Morgan fingerprint density at radius 1 is 1.35 bits per heavy atom. The number of benzene rings is 1. The summed E-state index contributed by atoms with van der Waals surface area (Å²) in [5, 5.41) is 0. The quantitative estimate of drug-likeness (QED) is 0.790. The van der Waals surface area contributed by atoms with Crippen LogP contribution in [0.5, 0.6) is 0 Å². The monoisotopic (exact) mass is 272 g/mol. The standard InChI is InChI=1S/C11H16N2O2S2/c1-8(11(12)16)10(13-17(2,14)15)9-6-4-3-5-7-9/h3-8,10,13H,1-2H3,(H2,12,16). The minimum absolute atomic E-state index is 0.248. The largest absolute Gasteiger partial charge is 0.393 e. The molecule has 0 saturated carbocycles. The van der Waals surface area contributed by atoms with Gasteiger partial charge in [0.05, 0.1) is 17.3 Å². The fourth-order valence-electron chi connectivity index (χ4n) is 1.51. The molecule has 0 amide bonds. The highest BCUT2D eigenvalue weighted by Gasteiger charge is 2.24. The fraction of sp³-hybridized carbons (Fsp3) is 0.364. The van der Waals surface area contributed by atoms with Crippen molar-refractivity contribution in [1.82, 2.24) is 4.72 Å². The smallest absolute Gasteiger partial charge is 0.209 e. The fourth-order valence-corrected chi connectivity index (χ4v) is 2.45. The summed E-state index contributed by atoms with van der Waals surface area (Å²) in [7, 11) is -3.32. The number of nitrogens with one attached hydrogen (secondary N) is 1. The molecule has 2 unspecified atom stereocenters. The Kier molecular flexibility index (Phi) is 4.62. The van der Waals surface area contributed by atoms with Crippen LogP contribution in [0.4, 0.5) is 0 Å². The van der Waals surface area contributed by atoms with E-state index in [1.807, 2.05) is 30.3 Å². The summed E-state index contributed by atoms with van der Waals surface area (Å²) in [6, 6.07) is 8.82. The van der Waals surface area contributed by atoms with Gasteiger partial charge < -0.3 is 5.73 Å². The minimum atomic E-state index is -3.32. The number of thiocarbonyl (C=S) groups is 1. The highest BCUT2D eigenvalue weighted by molar-refractivity contribution is 7.88. The second-order valence-corrected chi connectivity index (χ2v) is 6.22. The van der Waals surface area contributed by atoms with Crippen LogP contribution in [0.2, 0.25) is 0 Å². The molecule has 6 heteroatoms. The van der Waals surface area contributed by atoms with E-state index in [-0.39, 0.29) is 10.9 Å². The Morgan fingerprint density at radius 3 is 2.29 bits per heavy atom. The summed E-state index contributed by atoms with van der Waals surface area (Å²) in [5.41, 5.74) is 6.44. The van der Waals surface area contributed by atoms with Gasteiger partial charge >= 0.3 is 0 Å². The van der Waals surface area contributed by atoms with Gasteiger partial charge in [0.2, 0.25) is 10.0 Å². The molecule has 0 aliphatic heterocycles. The van der Waals surface area contributed by atoms with Crippen LogP contribution in [0.15, 0.2) is 30.3 Å². The van der Waals surface area contributed by atoms with Gasteiger partial charge in [0, 0.05) is 5.92 Å². The molecule has 1 aromatic carbocycles. The number of nitrogens with two attached hydrogens (primary N) is 1. The zero-order chi connectivity index (χ0) is 13.1. The van der Waals surface area contributed by atoms with Crippen LogP contribution in [-0.4, -0.2) is 19.7 Å². The molecule has 0 heterocycles. The first-order valence-corrected chi connectivity index (χ1v) is 7.43. The molecule has 1 rings (SSSR count). The lowest BCUT2D eigenvalue weighted by molar-refractivity contribution is 0.519. The number of hydrogen-bond donors (Lipinski definition) is 2. The predicted molar refractivity (Wildman–Crippen MR) is 73.1 cm³/mol. The molecule has 3 N–H and O–H groups in total. The van der Waals surface area contributed by atoms with E-state index in [4.69, 9.17) is 18.0 Å². The molecule has 0 bridgehead atoms. The number of hydrogen-bond acceptors (Lipinski definition) is 3. The van der Waals surface area contributed by atoms with Crippen molar-refractivity contribution in [3.63, 3.8) is 0 Å². The summed E-state index contributed by atoms with van der Waals surface area (Å²) in [4.78, 5) is 0.287. The average molecular weight is 272 g/mol. The zero-order valence-corrected chi connectivity index (χ0v) is 11.4. The Labute approximate surface area is 107 Å². The van der Waals surface area contributed by atoms with E-state index >= 15 is 0 Å². The summed E-state index contributed by atoms with van der Waals surface area (Å²) < 4.78 is 25.3. The van der Waals surface area contributed by atoms with Crippen molar-refractivity contribution in [2.75, 3.05) is 6.26 Å². The summed E-state index contributed by atoms with van der Waals surface area (Å²) in [6.45, 7) is 1.80. The van der Waals surface area contributed by atoms with Crippen LogP contribution in [0, 0.1) is 5.92 Å². The predicted octanol–water partition coefficient (Wildman–Crippen LogP) is 1.20. The molecule has 0 radical (unpaired) electrons. The molecule has 17 heavy (non-hydrogen) atoms. The molecular weight excluding hydrogens is 256 g/mol. The summed E-state index contributed by atoms with van der Waals surface area (Å²) in [5.74, 6) is -0.248. The van der Waals surface area contributed by atoms with Crippen LogP contribution in [0.25, 0.3) is 0 Å². The first-order chi connectivity index (χ1) is 7.81. The molecule has 0 aliphatic rings. The van der Waals surface area contributed by atoms with Gasteiger partial charge in [-0.05, 0) is 5.56 Å². The number of rotatable bonds is 5. The lowest BCUT2D eigenvalue weighted by atomic mass is 9.95. The molecule has 0 saturated heterocycles. The summed E-state index contributed by atoms with van der Waals surface area (Å²) >= 11 is 4.93. The van der Waals surface area contributed by atoms with E-state index in [1.54, 1.807) is 6.92 Å². The maximum atomic E-state index is 11.3. The molecule has 1 aromatic rings. The van der Waals surface area contributed by atoms with Crippen LogP contribution in [-0.2, 0) is 10.0 Å². The van der Waals surface area contributed by atoms with Gasteiger partial charge in [0.15, 0.2) is 0 Å². The molecular formula is C11H16N2O2S2. The Balaban J connectivity index is 3.07. The van der Waals surface area contributed by atoms with Crippen molar-refractivity contribution in [3.05, 3.63) is 35.9 Å². The third kappa shape index (κ3) is 4.41. The zero-order valence-electron chi connectivity index (χ0n) is 9.75. The van der Waals surface area contributed by atoms with Gasteiger partial charge in [-0.2, -0.15) is 0 Å². The van der Waals surface area contributed by atoms with E-state index in [0.717, 1.165) is 11.8 Å². The van der Waals surface area contributed by atoms with Crippen LogP contribution in [0.1, 0.15) is 18.5 Å². The maximum absolute atomic E-state index is 11.3. The van der Waals surface area contributed by atoms with Crippen molar-refractivity contribution in [1.29, 1.82) is 0 Å². The lowest BCUT2D eigenvalue weighted by Crippen LogP contribution is -2.36.